The Bertz CT molecular complexity index is 457. The number of fused-ring (bicyclic) bond motifs is 1. The van der Waals surface area contributed by atoms with Crippen molar-refractivity contribution in [1.29, 1.82) is 0 Å². The average Bonchev–Trinajstić information content (AvgIpc) is 2.43. The van der Waals surface area contributed by atoms with Gasteiger partial charge in [0.05, 0.1) is 0 Å². The second kappa shape index (κ2) is 5.67. The summed E-state index contributed by atoms with van der Waals surface area (Å²) < 4.78 is 0. The second-order valence-electron chi connectivity index (χ2n) is 4.50. The number of amides is 2. The molecular weight excluding hydrogens is 228 g/mol. The lowest BCUT2D eigenvalue weighted by molar-refractivity contribution is -0.146. The summed E-state index contributed by atoms with van der Waals surface area (Å²) in [5.74, 6) is -0.908. The maximum atomic E-state index is 11.9. The van der Waals surface area contributed by atoms with E-state index in [1.165, 1.54) is 5.56 Å². The largest absolute Gasteiger partial charge is 0.348 e. The molecule has 18 heavy (non-hydrogen) atoms. The van der Waals surface area contributed by atoms with Gasteiger partial charge in [0, 0.05) is 19.6 Å². The first-order valence-electron chi connectivity index (χ1n) is 6.36. The molecule has 1 aliphatic heterocycles. The molecule has 96 valence electrons. The van der Waals surface area contributed by atoms with Gasteiger partial charge in [0.1, 0.15) is 0 Å². The van der Waals surface area contributed by atoms with E-state index in [1.807, 2.05) is 25.1 Å². The van der Waals surface area contributed by atoms with Crippen molar-refractivity contribution in [1.82, 2.24) is 10.2 Å². The molecule has 0 spiro atoms. The van der Waals surface area contributed by atoms with Crippen LogP contribution in [-0.4, -0.2) is 29.8 Å². The van der Waals surface area contributed by atoms with Crippen molar-refractivity contribution < 1.29 is 9.59 Å². The first kappa shape index (κ1) is 12.6. The zero-order valence-electron chi connectivity index (χ0n) is 10.6. The van der Waals surface area contributed by atoms with Crippen LogP contribution < -0.4 is 5.32 Å². The van der Waals surface area contributed by atoms with Crippen molar-refractivity contribution in [2.45, 2.75) is 26.3 Å². The minimum atomic E-state index is -0.490. The monoisotopic (exact) mass is 246 g/mol. The normalized spacial score (nSPS) is 13.9. The molecule has 1 N–H and O–H groups in total. The molecule has 0 unspecified atom stereocenters. The van der Waals surface area contributed by atoms with Gasteiger partial charge in [0.2, 0.25) is 0 Å². The van der Waals surface area contributed by atoms with Crippen LogP contribution in [0.15, 0.2) is 24.3 Å². The van der Waals surface area contributed by atoms with Gasteiger partial charge in [-0.25, -0.2) is 0 Å². The van der Waals surface area contributed by atoms with E-state index in [2.05, 4.69) is 11.4 Å². The zero-order chi connectivity index (χ0) is 13.0. The summed E-state index contributed by atoms with van der Waals surface area (Å²) >= 11 is 0. The molecule has 1 aromatic rings. The molecule has 1 aliphatic rings. The Hall–Kier alpha value is -1.84. The summed E-state index contributed by atoms with van der Waals surface area (Å²) in [7, 11) is 0. The maximum Gasteiger partial charge on any atom is 0.312 e. The summed E-state index contributed by atoms with van der Waals surface area (Å²) in [6.45, 7) is 3.67. The van der Waals surface area contributed by atoms with E-state index in [1.54, 1.807) is 4.90 Å². The predicted molar refractivity (Wildman–Crippen MR) is 68.9 cm³/mol. The number of nitrogens with one attached hydrogen (secondary N) is 1. The first-order chi connectivity index (χ1) is 8.72. The minimum Gasteiger partial charge on any atom is -0.348 e. The molecule has 0 bridgehead atoms. The lowest BCUT2D eigenvalue weighted by Gasteiger charge is -2.28. The number of carbonyl (C=O) groups is 2. The van der Waals surface area contributed by atoms with Crippen LogP contribution in [0.4, 0.5) is 0 Å². The number of hydrogen-bond donors (Lipinski definition) is 1. The van der Waals surface area contributed by atoms with Crippen LogP contribution in [0.2, 0.25) is 0 Å². The molecule has 0 saturated heterocycles. The SMILES string of the molecule is CCCNC(=O)C(=O)N1CCc2ccccc2C1. The number of benzene rings is 1. The van der Waals surface area contributed by atoms with E-state index in [4.69, 9.17) is 0 Å². The van der Waals surface area contributed by atoms with Crippen molar-refractivity contribution in [2.24, 2.45) is 0 Å². The van der Waals surface area contributed by atoms with E-state index < -0.39 is 11.8 Å². The molecule has 2 rings (SSSR count). The average molecular weight is 246 g/mol. The number of nitrogens with zero attached hydrogens (tertiary/aromatic N) is 1. The highest BCUT2D eigenvalue weighted by atomic mass is 16.2. The summed E-state index contributed by atoms with van der Waals surface area (Å²) in [5.41, 5.74) is 2.41. The first-order valence-corrected chi connectivity index (χ1v) is 6.36. The van der Waals surface area contributed by atoms with E-state index in [0.717, 1.165) is 18.4 Å². The molecule has 0 atom stereocenters. The molecule has 2 amide bonds. The van der Waals surface area contributed by atoms with Gasteiger partial charge in [-0.3, -0.25) is 9.59 Å². The Morgan fingerprint density at radius 2 is 2.00 bits per heavy atom. The smallest absolute Gasteiger partial charge is 0.312 e. The van der Waals surface area contributed by atoms with Crippen LogP contribution in [0.3, 0.4) is 0 Å². The van der Waals surface area contributed by atoms with Crippen LogP contribution in [-0.2, 0) is 22.6 Å². The molecule has 4 nitrogen and oxygen atoms in total. The maximum absolute atomic E-state index is 11.9. The van der Waals surface area contributed by atoms with Gasteiger partial charge in [-0.15, -0.1) is 0 Å². The molecule has 1 heterocycles. The third-order valence-electron chi connectivity index (χ3n) is 3.15. The van der Waals surface area contributed by atoms with E-state index in [0.29, 0.717) is 19.6 Å². The van der Waals surface area contributed by atoms with E-state index in [9.17, 15) is 9.59 Å². The van der Waals surface area contributed by atoms with Gasteiger partial charge in [-0.05, 0) is 24.0 Å². The highest BCUT2D eigenvalue weighted by molar-refractivity contribution is 6.35. The topological polar surface area (TPSA) is 49.4 Å². The highest BCUT2D eigenvalue weighted by Gasteiger charge is 2.24. The fourth-order valence-electron chi connectivity index (χ4n) is 2.13. The number of hydrogen-bond acceptors (Lipinski definition) is 2. The second-order valence-corrected chi connectivity index (χ2v) is 4.50. The van der Waals surface area contributed by atoms with Gasteiger partial charge in [0.25, 0.3) is 0 Å². The Morgan fingerprint density at radius 3 is 2.72 bits per heavy atom. The quantitative estimate of drug-likeness (QED) is 0.794. The van der Waals surface area contributed by atoms with Crippen molar-refractivity contribution in [3.63, 3.8) is 0 Å². The lowest BCUT2D eigenvalue weighted by Crippen LogP contribution is -2.45. The molecule has 0 aromatic heterocycles. The summed E-state index contributed by atoms with van der Waals surface area (Å²) in [4.78, 5) is 25.2. The Balaban J connectivity index is 2.00. The zero-order valence-corrected chi connectivity index (χ0v) is 10.6. The van der Waals surface area contributed by atoms with Crippen LogP contribution >= 0.6 is 0 Å². The van der Waals surface area contributed by atoms with Crippen LogP contribution in [0.5, 0.6) is 0 Å². The lowest BCUT2D eigenvalue weighted by atomic mass is 10.00. The van der Waals surface area contributed by atoms with Gasteiger partial charge in [-0.2, -0.15) is 0 Å². The van der Waals surface area contributed by atoms with Crippen molar-refractivity contribution in [3.8, 4) is 0 Å². The minimum absolute atomic E-state index is 0.419. The summed E-state index contributed by atoms with van der Waals surface area (Å²) in [6.07, 6.45) is 1.66. The Morgan fingerprint density at radius 1 is 1.28 bits per heavy atom. The van der Waals surface area contributed by atoms with Gasteiger partial charge >= 0.3 is 11.8 Å². The molecule has 0 saturated carbocycles. The number of carbonyl (C=O) groups excluding carboxylic acids is 2. The third-order valence-corrected chi connectivity index (χ3v) is 3.15. The van der Waals surface area contributed by atoms with Crippen LogP contribution in [0, 0.1) is 0 Å². The summed E-state index contributed by atoms with van der Waals surface area (Å²) in [6, 6.07) is 8.06. The molecular formula is C14H18N2O2. The van der Waals surface area contributed by atoms with Gasteiger partial charge in [-0.1, -0.05) is 31.2 Å². The molecule has 0 fully saturated rings. The Kier molecular flexibility index (Phi) is 3.97. The third kappa shape index (κ3) is 2.70. The van der Waals surface area contributed by atoms with Gasteiger partial charge in [0.15, 0.2) is 0 Å². The fourth-order valence-corrected chi connectivity index (χ4v) is 2.13. The van der Waals surface area contributed by atoms with Crippen LogP contribution in [0.25, 0.3) is 0 Å². The summed E-state index contributed by atoms with van der Waals surface area (Å²) in [5, 5.41) is 2.62. The van der Waals surface area contributed by atoms with E-state index in [-0.39, 0.29) is 0 Å². The van der Waals surface area contributed by atoms with Crippen molar-refractivity contribution in [2.75, 3.05) is 13.1 Å². The molecule has 0 aliphatic carbocycles. The van der Waals surface area contributed by atoms with Crippen molar-refractivity contribution in [3.05, 3.63) is 35.4 Å². The van der Waals surface area contributed by atoms with Gasteiger partial charge < -0.3 is 10.2 Å². The molecule has 1 aromatic carbocycles. The standard InChI is InChI=1S/C14H18N2O2/c1-2-8-15-13(17)14(18)16-9-7-11-5-3-4-6-12(11)10-16/h3-6H,2,7-10H2,1H3,(H,15,17). The van der Waals surface area contributed by atoms with Crippen LogP contribution in [0.1, 0.15) is 24.5 Å². The van der Waals surface area contributed by atoms with E-state index >= 15 is 0 Å². The van der Waals surface area contributed by atoms with Crippen molar-refractivity contribution >= 4 is 11.8 Å². The molecule has 0 radical (unpaired) electrons. The Labute approximate surface area is 107 Å². The molecule has 4 heteroatoms. The predicted octanol–water partition coefficient (Wildman–Crippen LogP) is 1.10. The number of rotatable bonds is 2. The highest BCUT2D eigenvalue weighted by Crippen LogP contribution is 2.18. The fraction of sp³-hybridized carbons (Fsp3) is 0.429.